The molecule has 0 aromatic rings. The van der Waals surface area contributed by atoms with E-state index in [-0.39, 0.29) is 0 Å². The second-order valence-corrected chi connectivity index (χ2v) is 3.10. The molecule has 0 aromatic heterocycles. The average molecular weight is 127 g/mol. The van der Waals surface area contributed by atoms with Crippen molar-refractivity contribution in [3.63, 3.8) is 0 Å². The molecular formula is C8H17N. The summed E-state index contributed by atoms with van der Waals surface area (Å²) >= 11 is 0. The van der Waals surface area contributed by atoms with Gasteiger partial charge in [0.2, 0.25) is 0 Å². The fourth-order valence-corrected chi connectivity index (χ4v) is 1.79. The molecule has 0 amide bonds. The highest BCUT2D eigenvalue weighted by Gasteiger charge is 2.44. The third-order valence-electron chi connectivity index (χ3n) is 2.49. The minimum atomic E-state index is 0.551. The zero-order valence-electron chi connectivity index (χ0n) is 6.43. The smallest absolute Gasteiger partial charge is 0.0102 e. The van der Waals surface area contributed by atoms with Crippen molar-refractivity contribution in [2.24, 2.45) is 17.6 Å². The molecule has 0 aromatic carbocycles. The van der Waals surface area contributed by atoms with Gasteiger partial charge in [-0.3, -0.25) is 0 Å². The first-order valence-corrected chi connectivity index (χ1v) is 4.06. The van der Waals surface area contributed by atoms with Crippen molar-refractivity contribution >= 4 is 0 Å². The van der Waals surface area contributed by atoms with Gasteiger partial charge in [-0.15, -0.1) is 0 Å². The first-order chi connectivity index (χ1) is 4.31. The lowest BCUT2D eigenvalue weighted by Crippen LogP contribution is -2.03. The van der Waals surface area contributed by atoms with Gasteiger partial charge in [0.1, 0.15) is 0 Å². The molecule has 1 saturated carbocycles. The maximum absolute atomic E-state index is 5.81. The lowest BCUT2D eigenvalue weighted by Gasteiger charge is -1.89. The van der Waals surface area contributed by atoms with Crippen LogP contribution in [0.4, 0.5) is 0 Å². The Morgan fingerprint density at radius 3 is 2.22 bits per heavy atom. The Morgan fingerprint density at radius 2 is 1.89 bits per heavy atom. The topological polar surface area (TPSA) is 26.0 Å². The minimum absolute atomic E-state index is 0.551. The van der Waals surface area contributed by atoms with Crippen LogP contribution in [0.1, 0.15) is 33.1 Å². The van der Waals surface area contributed by atoms with Crippen LogP contribution in [0.25, 0.3) is 0 Å². The molecule has 9 heavy (non-hydrogen) atoms. The van der Waals surface area contributed by atoms with E-state index < -0.39 is 0 Å². The van der Waals surface area contributed by atoms with Crippen molar-refractivity contribution in [1.82, 2.24) is 0 Å². The van der Waals surface area contributed by atoms with Crippen molar-refractivity contribution in [1.29, 1.82) is 0 Å². The molecule has 0 spiro atoms. The molecule has 0 bridgehead atoms. The van der Waals surface area contributed by atoms with E-state index >= 15 is 0 Å². The fourth-order valence-electron chi connectivity index (χ4n) is 1.79. The SMILES string of the molecule is CCCC1C(N)C1CC. The number of rotatable bonds is 3. The van der Waals surface area contributed by atoms with Gasteiger partial charge >= 0.3 is 0 Å². The maximum atomic E-state index is 5.81. The van der Waals surface area contributed by atoms with Gasteiger partial charge in [0.15, 0.2) is 0 Å². The van der Waals surface area contributed by atoms with E-state index in [2.05, 4.69) is 13.8 Å². The molecule has 0 radical (unpaired) electrons. The second-order valence-electron chi connectivity index (χ2n) is 3.10. The fraction of sp³-hybridized carbons (Fsp3) is 1.00. The molecule has 54 valence electrons. The van der Waals surface area contributed by atoms with Gasteiger partial charge in [0, 0.05) is 6.04 Å². The third-order valence-corrected chi connectivity index (χ3v) is 2.49. The number of nitrogens with two attached hydrogens (primary N) is 1. The zero-order valence-corrected chi connectivity index (χ0v) is 6.43. The summed E-state index contributed by atoms with van der Waals surface area (Å²) in [6.07, 6.45) is 3.93. The average Bonchev–Trinajstić information content (AvgIpc) is 2.44. The Balaban J connectivity index is 2.17. The minimum Gasteiger partial charge on any atom is -0.327 e. The van der Waals surface area contributed by atoms with Gasteiger partial charge in [0.25, 0.3) is 0 Å². The van der Waals surface area contributed by atoms with Gasteiger partial charge in [0.05, 0.1) is 0 Å². The van der Waals surface area contributed by atoms with Crippen molar-refractivity contribution in [2.45, 2.75) is 39.2 Å². The van der Waals surface area contributed by atoms with E-state index in [1.54, 1.807) is 0 Å². The normalized spacial score (nSPS) is 41.0. The van der Waals surface area contributed by atoms with Crippen LogP contribution in [-0.4, -0.2) is 6.04 Å². The Bertz CT molecular complexity index is 90.6. The standard InChI is InChI=1S/C8H17N/c1-3-5-7-6(4-2)8(7)9/h6-8H,3-5,9H2,1-2H3. The lowest BCUT2D eigenvalue weighted by atomic mass is 10.2. The number of hydrogen-bond donors (Lipinski definition) is 1. The molecule has 1 aliphatic rings. The molecule has 3 unspecified atom stereocenters. The van der Waals surface area contributed by atoms with E-state index in [0.717, 1.165) is 11.8 Å². The van der Waals surface area contributed by atoms with Crippen LogP contribution in [0.5, 0.6) is 0 Å². The summed E-state index contributed by atoms with van der Waals surface area (Å²) in [5.41, 5.74) is 5.81. The second kappa shape index (κ2) is 2.70. The summed E-state index contributed by atoms with van der Waals surface area (Å²) in [7, 11) is 0. The summed E-state index contributed by atoms with van der Waals surface area (Å²) in [5.74, 6) is 1.74. The number of hydrogen-bond acceptors (Lipinski definition) is 1. The molecule has 1 fully saturated rings. The molecule has 0 heterocycles. The third kappa shape index (κ3) is 1.26. The molecule has 1 nitrogen and oxygen atoms in total. The van der Waals surface area contributed by atoms with E-state index in [1.165, 1.54) is 19.3 Å². The maximum Gasteiger partial charge on any atom is 0.0102 e. The lowest BCUT2D eigenvalue weighted by molar-refractivity contribution is 0.620. The molecule has 1 heteroatoms. The molecule has 0 saturated heterocycles. The largest absolute Gasteiger partial charge is 0.327 e. The van der Waals surface area contributed by atoms with Crippen molar-refractivity contribution < 1.29 is 0 Å². The summed E-state index contributed by atoms with van der Waals surface area (Å²) in [5, 5.41) is 0. The van der Waals surface area contributed by atoms with Crippen LogP contribution in [0.2, 0.25) is 0 Å². The van der Waals surface area contributed by atoms with E-state index in [1.807, 2.05) is 0 Å². The Kier molecular flexibility index (Phi) is 2.12. The van der Waals surface area contributed by atoms with Crippen LogP contribution in [0.15, 0.2) is 0 Å². The van der Waals surface area contributed by atoms with Gasteiger partial charge in [-0.1, -0.05) is 26.7 Å². The summed E-state index contributed by atoms with van der Waals surface area (Å²) < 4.78 is 0. The predicted octanol–water partition coefficient (Wildman–Crippen LogP) is 1.77. The van der Waals surface area contributed by atoms with Gasteiger partial charge in [-0.2, -0.15) is 0 Å². The van der Waals surface area contributed by atoms with Crippen LogP contribution in [0, 0.1) is 11.8 Å². The van der Waals surface area contributed by atoms with Crippen LogP contribution < -0.4 is 5.73 Å². The Labute approximate surface area is 57.6 Å². The quantitative estimate of drug-likeness (QED) is 0.614. The summed E-state index contributed by atoms with van der Waals surface area (Å²) in [6.45, 7) is 4.47. The van der Waals surface area contributed by atoms with Crippen molar-refractivity contribution in [3.05, 3.63) is 0 Å². The Morgan fingerprint density at radius 1 is 1.22 bits per heavy atom. The predicted molar refractivity (Wildman–Crippen MR) is 40.2 cm³/mol. The molecule has 0 aliphatic heterocycles. The Hall–Kier alpha value is -0.0400. The summed E-state index contributed by atoms with van der Waals surface area (Å²) in [6, 6.07) is 0.551. The van der Waals surface area contributed by atoms with Crippen molar-refractivity contribution in [3.8, 4) is 0 Å². The van der Waals surface area contributed by atoms with E-state index in [4.69, 9.17) is 5.73 Å². The van der Waals surface area contributed by atoms with Crippen LogP contribution in [0.3, 0.4) is 0 Å². The molecule has 1 rings (SSSR count). The van der Waals surface area contributed by atoms with Crippen LogP contribution >= 0.6 is 0 Å². The van der Waals surface area contributed by atoms with E-state index in [9.17, 15) is 0 Å². The highest BCUT2D eigenvalue weighted by atomic mass is 14.8. The van der Waals surface area contributed by atoms with E-state index in [0.29, 0.717) is 6.04 Å². The summed E-state index contributed by atoms with van der Waals surface area (Å²) in [4.78, 5) is 0. The molecule has 2 N–H and O–H groups in total. The monoisotopic (exact) mass is 127 g/mol. The van der Waals surface area contributed by atoms with Crippen molar-refractivity contribution in [2.75, 3.05) is 0 Å². The van der Waals surface area contributed by atoms with Crippen LogP contribution in [-0.2, 0) is 0 Å². The first-order valence-electron chi connectivity index (χ1n) is 4.06. The zero-order chi connectivity index (χ0) is 6.85. The molecule has 1 aliphatic carbocycles. The molecular weight excluding hydrogens is 110 g/mol. The van der Waals surface area contributed by atoms with Gasteiger partial charge < -0.3 is 5.73 Å². The highest BCUT2D eigenvalue weighted by molar-refractivity contribution is 4.99. The van der Waals surface area contributed by atoms with Gasteiger partial charge in [-0.25, -0.2) is 0 Å². The first kappa shape index (κ1) is 7.07. The van der Waals surface area contributed by atoms with Gasteiger partial charge in [-0.05, 0) is 18.3 Å². The highest BCUT2D eigenvalue weighted by Crippen LogP contribution is 2.42. The molecule has 3 atom stereocenters.